The highest BCUT2D eigenvalue weighted by Gasteiger charge is 2.16. The topological polar surface area (TPSA) is 64.0 Å². The highest BCUT2D eigenvalue weighted by molar-refractivity contribution is 7.91. The van der Waals surface area contributed by atoms with E-state index in [-0.39, 0.29) is 5.75 Å². The molecule has 1 N–H and O–H groups in total. The van der Waals surface area contributed by atoms with Crippen molar-refractivity contribution in [2.24, 2.45) is 0 Å². The molecule has 124 valence electrons. The van der Waals surface area contributed by atoms with E-state index in [1.54, 1.807) is 19.1 Å². The molecule has 1 aliphatic rings. The smallest absolute Gasteiger partial charge is 0.180 e. The molecule has 1 aromatic carbocycles. The summed E-state index contributed by atoms with van der Waals surface area (Å²) in [5.74, 6) is 1.29. The summed E-state index contributed by atoms with van der Waals surface area (Å²) in [5, 5.41) is 3.25. The highest BCUT2D eigenvalue weighted by atomic mass is 32.2. The molecule has 0 unspecified atom stereocenters. The first-order valence-corrected chi connectivity index (χ1v) is 9.86. The molecule has 0 bridgehead atoms. The molecular formula is C17H23N3O2S. The first-order chi connectivity index (χ1) is 11.1. The quantitative estimate of drug-likeness (QED) is 0.883. The molecule has 6 heteroatoms. The predicted molar refractivity (Wildman–Crippen MR) is 91.5 cm³/mol. The van der Waals surface area contributed by atoms with Gasteiger partial charge in [0, 0.05) is 32.1 Å². The zero-order chi connectivity index (χ0) is 16.3. The molecule has 0 spiro atoms. The van der Waals surface area contributed by atoms with Crippen molar-refractivity contribution in [3.63, 3.8) is 0 Å². The van der Waals surface area contributed by atoms with Crippen molar-refractivity contribution in [2.75, 3.05) is 17.6 Å². The van der Waals surface area contributed by atoms with Crippen LogP contribution in [0, 0.1) is 0 Å². The third-order valence-corrected chi connectivity index (χ3v) is 6.04. The van der Waals surface area contributed by atoms with Gasteiger partial charge in [-0.2, -0.15) is 0 Å². The number of nitrogens with one attached hydrogen (secondary N) is 1. The van der Waals surface area contributed by atoms with Gasteiger partial charge in [0.25, 0.3) is 0 Å². The number of fused-ring (bicyclic) bond motifs is 1. The van der Waals surface area contributed by atoms with E-state index in [9.17, 15) is 8.42 Å². The van der Waals surface area contributed by atoms with Gasteiger partial charge in [0.2, 0.25) is 0 Å². The monoisotopic (exact) mass is 333 g/mol. The summed E-state index contributed by atoms with van der Waals surface area (Å²) in [6.45, 7) is 3.40. The van der Waals surface area contributed by atoms with E-state index in [1.807, 2.05) is 12.1 Å². The van der Waals surface area contributed by atoms with Crippen LogP contribution < -0.4 is 5.32 Å². The fourth-order valence-electron chi connectivity index (χ4n) is 2.96. The minimum Gasteiger partial charge on any atom is -0.384 e. The average Bonchev–Trinajstić information content (AvgIpc) is 2.98. The Hall–Kier alpha value is -1.82. The van der Waals surface area contributed by atoms with Gasteiger partial charge in [0.1, 0.15) is 5.82 Å². The Morgan fingerprint density at radius 2 is 2.09 bits per heavy atom. The normalized spacial score (nSPS) is 14.5. The molecule has 0 radical (unpaired) electrons. The number of hydrogen-bond acceptors (Lipinski definition) is 4. The molecule has 1 aliphatic heterocycles. The van der Waals surface area contributed by atoms with Crippen LogP contribution in [0.1, 0.15) is 31.3 Å². The summed E-state index contributed by atoms with van der Waals surface area (Å²) in [4.78, 5) is 5.06. The lowest BCUT2D eigenvalue weighted by molar-refractivity contribution is 0.522. The maximum atomic E-state index is 12.1. The number of anilines is 1. The number of aryl methyl sites for hydroxylation is 2. The maximum absolute atomic E-state index is 12.1. The van der Waals surface area contributed by atoms with Gasteiger partial charge >= 0.3 is 0 Å². The van der Waals surface area contributed by atoms with Crippen LogP contribution in [0.2, 0.25) is 0 Å². The van der Waals surface area contributed by atoms with Gasteiger partial charge in [-0.1, -0.05) is 19.1 Å². The largest absolute Gasteiger partial charge is 0.384 e. The average molecular weight is 333 g/mol. The van der Waals surface area contributed by atoms with E-state index >= 15 is 0 Å². The van der Waals surface area contributed by atoms with Crippen molar-refractivity contribution in [1.82, 2.24) is 9.55 Å². The minimum atomic E-state index is -3.21. The fourth-order valence-corrected chi connectivity index (χ4v) is 4.03. The minimum absolute atomic E-state index is 0.111. The van der Waals surface area contributed by atoms with Crippen molar-refractivity contribution in [3.8, 4) is 0 Å². The van der Waals surface area contributed by atoms with Gasteiger partial charge in [-0.15, -0.1) is 0 Å². The van der Waals surface area contributed by atoms with Crippen LogP contribution in [-0.4, -0.2) is 30.3 Å². The number of nitrogens with zero attached hydrogens (tertiary/aromatic N) is 2. The van der Waals surface area contributed by atoms with Crippen LogP contribution in [-0.2, 0) is 29.2 Å². The van der Waals surface area contributed by atoms with Gasteiger partial charge in [-0.05, 0) is 25.0 Å². The number of rotatable bonds is 6. The van der Waals surface area contributed by atoms with Gasteiger partial charge in [0.05, 0.1) is 22.0 Å². The molecule has 2 heterocycles. The molecule has 0 saturated heterocycles. The molecular weight excluding hydrogens is 310 g/mol. The highest BCUT2D eigenvalue weighted by Crippen LogP contribution is 2.22. The van der Waals surface area contributed by atoms with Crippen LogP contribution in [0.25, 0.3) is 0 Å². The fraction of sp³-hybridized carbons (Fsp3) is 0.471. The molecule has 1 aromatic heterocycles. The summed E-state index contributed by atoms with van der Waals surface area (Å²) < 4.78 is 26.5. The molecule has 0 aliphatic carbocycles. The van der Waals surface area contributed by atoms with Crippen LogP contribution in [0.15, 0.2) is 35.4 Å². The van der Waals surface area contributed by atoms with Gasteiger partial charge in [-0.3, -0.25) is 0 Å². The number of aromatic nitrogens is 2. The SMILES string of the molecule is CCS(=O)(=O)c1ccccc1NCCc1cn2c(n1)CCCC2. The van der Waals surface area contributed by atoms with E-state index < -0.39 is 9.84 Å². The first kappa shape index (κ1) is 16.1. The second kappa shape index (κ2) is 6.74. The molecule has 3 rings (SSSR count). The van der Waals surface area contributed by atoms with Crippen molar-refractivity contribution in [1.29, 1.82) is 0 Å². The number of sulfone groups is 1. The molecule has 2 aromatic rings. The molecule has 0 atom stereocenters. The first-order valence-electron chi connectivity index (χ1n) is 8.21. The molecule has 5 nitrogen and oxygen atoms in total. The second-order valence-corrected chi connectivity index (χ2v) is 8.12. The Balaban J connectivity index is 1.66. The Morgan fingerprint density at radius 1 is 1.26 bits per heavy atom. The molecule has 0 amide bonds. The molecule has 0 fully saturated rings. The standard InChI is InChI=1S/C17H23N3O2S/c1-2-23(21,22)16-8-4-3-7-15(16)18-11-10-14-13-20-12-6-5-9-17(20)19-14/h3-4,7-8,13,18H,2,5-6,9-12H2,1H3. The lowest BCUT2D eigenvalue weighted by Gasteiger charge is -2.11. The van der Waals surface area contributed by atoms with Crippen LogP contribution in [0.3, 0.4) is 0 Å². The third-order valence-electron chi connectivity index (χ3n) is 4.26. The number of para-hydroxylation sites is 1. The van der Waals surface area contributed by atoms with Gasteiger partial charge in [-0.25, -0.2) is 13.4 Å². The van der Waals surface area contributed by atoms with Crippen LogP contribution in [0.5, 0.6) is 0 Å². The maximum Gasteiger partial charge on any atom is 0.180 e. The van der Waals surface area contributed by atoms with E-state index in [0.29, 0.717) is 17.1 Å². The van der Waals surface area contributed by atoms with Gasteiger partial charge in [0.15, 0.2) is 9.84 Å². The Labute approximate surface area is 137 Å². The van der Waals surface area contributed by atoms with Crippen molar-refractivity contribution >= 4 is 15.5 Å². The number of imidazole rings is 1. The van der Waals surface area contributed by atoms with E-state index in [0.717, 1.165) is 25.1 Å². The summed E-state index contributed by atoms with van der Waals surface area (Å²) in [6, 6.07) is 7.10. The Morgan fingerprint density at radius 3 is 2.87 bits per heavy atom. The Bertz CT molecular complexity index is 757. The Kier molecular flexibility index (Phi) is 4.71. The molecule has 0 saturated carbocycles. The zero-order valence-electron chi connectivity index (χ0n) is 13.5. The summed E-state index contributed by atoms with van der Waals surface area (Å²) in [5.41, 5.74) is 1.75. The summed E-state index contributed by atoms with van der Waals surface area (Å²) >= 11 is 0. The van der Waals surface area contributed by atoms with E-state index in [2.05, 4.69) is 21.1 Å². The van der Waals surface area contributed by atoms with Crippen molar-refractivity contribution in [3.05, 3.63) is 42.0 Å². The number of hydrogen-bond donors (Lipinski definition) is 1. The third kappa shape index (κ3) is 3.58. The zero-order valence-corrected chi connectivity index (χ0v) is 14.3. The summed E-state index contributed by atoms with van der Waals surface area (Å²) in [6.07, 6.45) is 6.43. The second-order valence-electron chi connectivity index (χ2n) is 5.88. The summed E-state index contributed by atoms with van der Waals surface area (Å²) in [7, 11) is -3.21. The van der Waals surface area contributed by atoms with E-state index in [4.69, 9.17) is 0 Å². The van der Waals surface area contributed by atoms with Gasteiger partial charge < -0.3 is 9.88 Å². The lowest BCUT2D eigenvalue weighted by Crippen LogP contribution is -2.11. The van der Waals surface area contributed by atoms with E-state index in [1.165, 1.54) is 18.7 Å². The molecule has 23 heavy (non-hydrogen) atoms. The van der Waals surface area contributed by atoms with Crippen LogP contribution in [0.4, 0.5) is 5.69 Å². The van der Waals surface area contributed by atoms with Crippen molar-refractivity contribution in [2.45, 2.75) is 44.0 Å². The predicted octanol–water partition coefficient (Wildman–Crippen LogP) is 2.67. The lowest BCUT2D eigenvalue weighted by atomic mass is 10.2. The van der Waals surface area contributed by atoms with Crippen molar-refractivity contribution < 1.29 is 8.42 Å². The number of benzene rings is 1. The van der Waals surface area contributed by atoms with Crippen LogP contribution >= 0.6 is 0 Å².